The molecule has 3 heterocycles. The molecular weight excluding hydrogens is 412 g/mol. The molecule has 5 rings (SSSR count). The number of ether oxygens (including phenoxy) is 1. The van der Waals surface area contributed by atoms with Gasteiger partial charge in [0.2, 0.25) is 11.7 Å². The van der Waals surface area contributed by atoms with Crippen LogP contribution in [0.5, 0.6) is 5.75 Å². The maximum atomic E-state index is 13.2. The van der Waals surface area contributed by atoms with E-state index >= 15 is 0 Å². The second kappa shape index (κ2) is 7.81. The van der Waals surface area contributed by atoms with Crippen molar-refractivity contribution in [3.05, 3.63) is 82.7 Å². The SMILES string of the molecule is COc1ccccc1-c1noc(Cn2cnc3sc(-c4ccccc4)c(C)c3c2=O)n1. The highest BCUT2D eigenvalue weighted by Gasteiger charge is 2.18. The molecule has 154 valence electrons. The van der Waals surface area contributed by atoms with Crippen molar-refractivity contribution < 1.29 is 9.26 Å². The van der Waals surface area contributed by atoms with E-state index in [0.717, 1.165) is 26.4 Å². The second-order valence-corrected chi connectivity index (χ2v) is 7.99. The smallest absolute Gasteiger partial charge is 0.262 e. The van der Waals surface area contributed by atoms with E-state index in [1.807, 2.05) is 61.5 Å². The van der Waals surface area contributed by atoms with Gasteiger partial charge in [-0.05, 0) is 30.2 Å². The molecule has 2 aromatic carbocycles. The van der Waals surface area contributed by atoms with Crippen LogP contribution in [0.3, 0.4) is 0 Å². The van der Waals surface area contributed by atoms with Crippen LogP contribution in [0.1, 0.15) is 11.5 Å². The molecule has 0 aliphatic heterocycles. The van der Waals surface area contributed by atoms with Crippen LogP contribution in [-0.4, -0.2) is 26.8 Å². The molecule has 8 heteroatoms. The number of para-hydroxylation sites is 1. The second-order valence-electron chi connectivity index (χ2n) is 6.99. The molecule has 0 amide bonds. The number of thiophene rings is 1. The molecule has 3 aromatic heterocycles. The average molecular weight is 430 g/mol. The van der Waals surface area contributed by atoms with Crippen molar-refractivity contribution in [1.82, 2.24) is 19.7 Å². The molecule has 0 atom stereocenters. The van der Waals surface area contributed by atoms with Gasteiger partial charge in [-0.2, -0.15) is 4.98 Å². The van der Waals surface area contributed by atoms with Crippen molar-refractivity contribution in [2.45, 2.75) is 13.5 Å². The van der Waals surface area contributed by atoms with Crippen molar-refractivity contribution in [2.75, 3.05) is 7.11 Å². The Bertz CT molecular complexity index is 1440. The molecule has 0 N–H and O–H groups in total. The van der Waals surface area contributed by atoms with E-state index in [4.69, 9.17) is 9.26 Å². The number of aryl methyl sites for hydroxylation is 1. The van der Waals surface area contributed by atoms with E-state index in [1.54, 1.807) is 7.11 Å². The zero-order chi connectivity index (χ0) is 21.4. The third-order valence-electron chi connectivity index (χ3n) is 5.07. The lowest BCUT2D eigenvalue weighted by atomic mass is 10.1. The van der Waals surface area contributed by atoms with E-state index < -0.39 is 0 Å². The number of rotatable bonds is 5. The zero-order valence-electron chi connectivity index (χ0n) is 16.9. The topological polar surface area (TPSA) is 83.0 Å². The number of hydrogen-bond acceptors (Lipinski definition) is 7. The van der Waals surface area contributed by atoms with E-state index in [-0.39, 0.29) is 12.1 Å². The predicted octanol–water partition coefficient (Wildman–Crippen LogP) is 4.54. The van der Waals surface area contributed by atoms with E-state index in [9.17, 15) is 4.79 Å². The van der Waals surface area contributed by atoms with Crippen LogP contribution in [0.2, 0.25) is 0 Å². The number of methoxy groups -OCH3 is 1. The summed E-state index contributed by atoms with van der Waals surface area (Å²) in [5, 5.41) is 4.67. The van der Waals surface area contributed by atoms with Crippen molar-refractivity contribution >= 4 is 21.6 Å². The van der Waals surface area contributed by atoms with Gasteiger partial charge in [0.15, 0.2) is 0 Å². The Balaban J connectivity index is 1.51. The Morgan fingerprint density at radius 3 is 2.68 bits per heavy atom. The Morgan fingerprint density at radius 2 is 1.87 bits per heavy atom. The lowest BCUT2D eigenvalue weighted by molar-refractivity contribution is 0.369. The molecule has 0 fully saturated rings. The van der Waals surface area contributed by atoms with Gasteiger partial charge in [-0.3, -0.25) is 9.36 Å². The summed E-state index contributed by atoms with van der Waals surface area (Å²) in [7, 11) is 1.59. The molecule has 0 bridgehead atoms. The Hall–Kier alpha value is -3.78. The molecule has 0 unspecified atom stereocenters. The van der Waals surface area contributed by atoms with Crippen LogP contribution < -0.4 is 10.3 Å². The van der Waals surface area contributed by atoms with Crippen LogP contribution in [0.15, 0.2) is 70.2 Å². The summed E-state index contributed by atoms with van der Waals surface area (Å²) in [5.74, 6) is 1.38. The number of fused-ring (bicyclic) bond motifs is 1. The Kier molecular flexibility index (Phi) is 4.83. The lowest BCUT2D eigenvalue weighted by Gasteiger charge is -2.03. The minimum atomic E-state index is -0.127. The van der Waals surface area contributed by atoms with E-state index in [1.165, 1.54) is 22.2 Å². The van der Waals surface area contributed by atoms with Gasteiger partial charge < -0.3 is 9.26 Å². The molecule has 0 aliphatic rings. The zero-order valence-corrected chi connectivity index (χ0v) is 17.7. The van der Waals surface area contributed by atoms with Crippen LogP contribution >= 0.6 is 11.3 Å². The number of hydrogen-bond donors (Lipinski definition) is 0. The van der Waals surface area contributed by atoms with Gasteiger partial charge in [0.25, 0.3) is 5.56 Å². The van der Waals surface area contributed by atoms with Gasteiger partial charge in [0.05, 0.1) is 24.4 Å². The summed E-state index contributed by atoms with van der Waals surface area (Å²) in [6.07, 6.45) is 1.53. The summed E-state index contributed by atoms with van der Waals surface area (Å²) >= 11 is 1.52. The summed E-state index contributed by atoms with van der Waals surface area (Å²) < 4.78 is 12.2. The van der Waals surface area contributed by atoms with Gasteiger partial charge in [-0.25, -0.2) is 4.98 Å². The van der Waals surface area contributed by atoms with Gasteiger partial charge in [0, 0.05) is 4.88 Å². The first-order chi connectivity index (χ1) is 15.2. The molecule has 0 radical (unpaired) electrons. The summed E-state index contributed by atoms with van der Waals surface area (Å²) in [4.78, 5) is 23.9. The number of aromatic nitrogens is 4. The lowest BCUT2D eigenvalue weighted by Crippen LogP contribution is -2.21. The highest BCUT2D eigenvalue weighted by Crippen LogP contribution is 2.35. The van der Waals surface area contributed by atoms with Gasteiger partial charge >= 0.3 is 0 Å². The van der Waals surface area contributed by atoms with E-state index in [2.05, 4.69) is 15.1 Å². The monoisotopic (exact) mass is 430 g/mol. The highest BCUT2D eigenvalue weighted by molar-refractivity contribution is 7.22. The fraction of sp³-hybridized carbons (Fsp3) is 0.130. The predicted molar refractivity (Wildman–Crippen MR) is 119 cm³/mol. The Labute approximate surface area is 181 Å². The minimum absolute atomic E-state index is 0.127. The van der Waals surface area contributed by atoms with Gasteiger partial charge in [-0.1, -0.05) is 47.6 Å². The fourth-order valence-corrected chi connectivity index (χ4v) is 4.69. The molecule has 0 saturated carbocycles. The van der Waals surface area contributed by atoms with Crippen molar-refractivity contribution in [1.29, 1.82) is 0 Å². The fourth-order valence-electron chi connectivity index (χ4n) is 3.54. The maximum absolute atomic E-state index is 13.2. The van der Waals surface area contributed by atoms with Crippen molar-refractivity contribution in [3.8, 4) is 27.6 Å². The summed E-state index contributed by atoms with van der Waals surface area (Å²) in [5.41, 5.74) is 2.60. The largest absolute Gasteiger partial charge is 0.496 e. The third kappa shape index (κ3) is 3.40. The quantitative estimate of drug-likeness (QED) is 0.407. The highest BCUT2D eigenvalue weighted by atomic mass is 32.1. The molecule has 31 heavy (non-hydrogen) atoms. The minimum Gasteiger partial charge on any atom is -0.496 e. The standard InChI is InChI=1S/C23H18N4O3S/c1-14-19-22(31-20(14)15-8-4-3-5-9-15)24-13-27(23(19)28)12-18-25-21(26-30-18)16-10-6-7-11-17(16)29-2/h3-11,13H,12H2,1-2H3. The third-order valence-corrected chi connectivity index (χ3v) is 6.32. The molecule has 7 nitrogen and oxygen atoms in total. The first-order valence-corrected chi connectivity index (χ1v) is 10.5. The van der Waals surface area contributed by atoms with Crippen LogP contribution in [0.25, 0.3) is 32.0 Å². The number of nitrogens with zero attached hydrogens (tertiary/aromatic N) is 4. The molecule has 0 aliphatic carbocycles. The van der Waals surface area contributed by atoms with Crippen molar-refractivity contribution in [2.24, 2.45) is 0 Å². The van der Waals surface area contributed by atoms with Crippen molar-refractivity contribution in [3.63, 3.8) is 0 Å². The van der Waals surface area contributed by atoms with Crippen LogP contribution in [0.4, 0.5) is 0 Å². The summed E-state index contributed by atoms with van der Waals surface area (Å²) in [6.45, 7) is 2.10. The van der Waals surface area contributed by atoms with Gasteiger partial charge in [-0.15, -0.1) is 11.3 Å². The molecule has 0 saturated heterocycles. The summed E-state index contributed by atoms with van der Waals surface area (Å²) in [6, 6.07) is 17.4. The molecule has 5 aromatic rings. The maximum Gasteiger partial charge on any atom is 0.262 e. The molecular formula is C23H18N4O3S. The van der Waals surface area contributed by atoms with E-state index in [0.29, 0.717) is 22.9 Å². The first kappa shape index (κ1) is 19.2. The van der Waals surface area contributed by atoms with Crippen LogP contribution in [-0.2, 0) is 6.54 Å². The Morgan fingerprint density at radius 1 is 1.10 bits per heavy atom. The van der Waals surface area contributed by atoms with Gasteiger partial charge in [0.1, 0.15) is 17.1 Å². The molecule has 0 spiro atoms. The average Bonchev–Trinajstić information content (AvgIpc) is 3.41. The van der Waals surface area contributed by atoms with Crippen LogP contribution in [0, 0.1) is 6.92 Å². The number of benzene rings is 2. The first-order valence-electron chi connectivity index (χ1n) is 9.65. The normalized spacial score (nSPS) is 11.2.